The standard InChI is InChI=1S/C10H16.C6H6O.2ClH.Hf/c1-6-7(2)9(4)10(5)8(6)3;7-6-4-2-1-3-5-6;;;/h6H,1-5H3;1-5,7H;2*1H;/q;;;;+3/p-3. The van der Waals surface area contributed by atoms with Gasteiger partial charge in [0.25, 0.3) is 0 Å². The fraction of sp³-hybridized carbons (Fsp3) is 0.375. The van der Waals surface area contributed by atoms with E-state index in [-0.39, 0.29) is 24.8 Å². The number of halogens is 2. The molecular weight excluding hydrogens is 458 g/mol. The first-order valence-electron chi connectivity index (χ1n) is 6.22. The molecule has 20 heavy (non-hydrogen) atoms. The number of hydrogen-bond acceptors (Lipinski definition) is 1. The first-order chi connectivity index (χ1) is 8.49. The van der Waals surface area contributed by atoms with Gasteiger partial charge in [0.1, 0.15) is 0 Å². The van der Waals surface area contributed by atoms with Crippen molar-refractivity contribution in [1.82, 2.24) is 0 Å². The molecule has 0 saturated carbocycles. The molecule has 0 atom stereocenters. The van der Waals surface area contributed by atoms with Gasteiger partial charge in [-0.25, -0.2) is 0 Å². The van der Waals surface area contributed by atoms with Gasteiger partial charge in [-0.3, -0.25) is 0 Å². The molecule has 0 fully saturated rings. The second-order valence-electron chi connectivity index (χ2n) is 4.75. The zero-order valence-electron chi connectivity index (χ0n) is 12.6. The zero-order chi connectivity index (χ0) is 13.7. The van der Waals surface area contributed by atoms with E-state index in [1.807, 2.05) is 30.3 Å². The predicted octanol–water partition coefficient (Wildman–Crippen LogP) is -1.16. The van der Waals surface area contributed by atoms with Crippen LogP contribution in [0.4, 0.5) is 0 Å². The van der Waals surface area contributed by atoms with Crippen LogP contribution < -0.4 is 27.7 Å². The quantitative estimate of drug-likeness (QED) is 0.463. The summed E-state index contributed by atoms with van der Waals surface area (Å²) in [5.41, 5.74) is 6.11. The molecule has 0 amide bonds. The summed E-state index contributed by atoms with van der Waals surface area (Å²) >= 11 is 0.777. The van der Waals surface area contributed by atoms with Gasteiger partial charge in [0.2, 0.25) is 0 Å². The van der Waals surface area contributed by atoms with E-state index in [0.717, 1.165) is 30.6 Å². The molecule has 0 bridgehead atoms. The van der Waals surface area contributed by atoms with Gasteiger partial charge in [0.05, 0.1) is 0 Å². The van der Waals surface area contributed by atoms with Gasteiger partial charge >= 0.3 is 63.7 Å². The van der Waals surface area contributed by atoms with Crippen molar-refractivity contribution >= 4 is 0 Å². The fourth-order valence-corrected chi connectivity index (χ4v) is 2.54. The zero-order valence-corrected chi connectivity index (χ0v) is 17.7. The Morgan fingerprint density at radius 1 is 0.850 bits per heavy atom. The predicted molar refractivity (Wildman–Crippen MR) is 73.0 cm³/mol. The third kappa shape index (κ3) is 5.75. The molecule has 0 aliphatic heterocycles. The van der Waals surface area contributed by atoms with Gasteiger partial charge in [-0.2, -0.15) is 0 Å². The van der Waals surface area contributed by atoms with Crippen LogP contribution in [0, 0.1) is 5.92 Å². The van der Waals surface area contributed by atoms with Crippen molar-refractivity contribution in [2.75, 3.05) is 0 Å². The summed E-state index contributed by atoms with van der Waals surface area (Å²) in [7, 11) is 0. The number of rotatable bonds is 1. The first-order valence-corrected chi connectivity index (χ1v) is 7.69. The van der Waals surface area contributed by atoms with Crippen LogP contribution in [0.25, 0.3) is 0 Å². The van der Waals surface area contributed by atoms with Crippen molar-refractivity contribution in [2.24, 2.45) is 5.92 Å². The fourth-order valence-electron chi connectivity index (χ4n) is 2.05. The summed E-state index contributed by atoms with van der Waals surface area (Å²) in [6.07, 6.45) is 0. The molecule has 2 rings (SSSR count). The minimum atomic E-state index is 0. The topological polar surface area (TPSA) is 9.23 Å². The van der Waals surface area contributed by atoms with E-state index in [4.69, 9.17) is 2.85 Å². The Bertz CT molecular complexity index is 443. The Morgan fingerprint density at radius 2 is 1.25 bits per heavy atom. The van der Waals surface area contributed by atoms with Crippen molar-refractivity contribution in [2.45, 2.75) is 34.6 Å². The van der Waals surface area contributed by atoms with Crippen molar-refractivity contribution in [3.05, 3.63) is 52.6 Å². The van der Waals surface area contributed by atoms with Crippen LogP contribution in [0.3, 0.4) is 0 Å². The van der Waals surface area contributed by atoms with Gasteiger partial charge in [-0.15, -0.1) is 0 Å². The summed E-state index contributed by atoms with van der Waals surface area (Å²) in [6, 6.07) is 9.81. The van der Waals surface area contributed by atoms with Crippen molar-refractivity contribution in [1.29, 1.82) is 0 Å². The van der Waals surface area contributed by atoms with Crippen molar-refractivity contribution in [3.63, 3.8) is 0 Å². The van der Waals surface area contributed by atoms with E-state index < -0.39 is 0 Å². The van der Waals surface area contributed by atoms with Crippen LogP contribution >= 0.6 is 0 Å². The number of hydrogen-bond donors (Lipinski definition) is 0. The number of para-hydroxylation sites is 1. The van der Waals surface area contributed by atoms with E-state index >= 15 is 0 Å². The van der Waals surface area contributed by atoms with E-state index in [9.17, 15) is 0 Å². The molecule has 4 heteroatoms. The first kappa shape index (κ1) is 22.2. The molecule has 109 valence electrons. The van der Waals surface area contributed by atoms with Crippen LogP contribution in [0.15, 0.2) is 52.6 Å². The van der Waals surface area contributed by atoms with Gasteiger partial charge in [-0.05, 0) is 44.8 Å². The molecule has 0 radical (unpaired) electrons. The summed E-state index contributed by atoms with van der Waals surface area (Å²) in [4.78, 5) is 0. The van der Waals surface area contributed by atoms with Crippen LogP contribution in [0.2, 0.25) is 0 Å². The van der Waals surface area contributed by atoms with Crippen molar-refractivity contribution in [3.8, 4) is 5.75 Å². The normalized spacial score (nSPS) is 14.2. The number of benzene rings is 1. The molecule has 1 nitrogen and oxygen atoms in total. The average Bonchev–Trinajstić information content (AvgIpc) is 2.59. The van der Waals surface area contributed by atoms with Crippen LogP contribution in [-0.2, 0) is 24.8 Å². The third-order valence-electron chi connectivity index (χ3n) is 3.91. The van der Waals surface area contributed by atoms with E-state index in [1.54, 1.807) is 11.1 Å². The van der Waals surface area contributed by atoms with Gasteiger partial charge in [-0.1, -0.05) is 18.1 Å². The molecule has 1 aromatic carbocycles. The summed E-state index contributed by atoms with van der Waals surface area (Å²) in [5, 5.41) is 0. The molecule has 0 aromatic heterocycles. The van der Waals surface area contributed by atoms with Gasteiger partial charge in [0.15, 0.2) is 0 Å². The van der Waals surface area contributed by atoms with E-state index in [2.05, 4.69) is 34.6 Å². The summed E-state index contributed by atoms with van der Waals surface area (Å²) < 4.78 is 5.05. The molecule has 1 aliphatic rings. The second kappa shape index (κ2) is 10.6. The molecular formula is C16H21Cl2HfO. The summed E-state index contributed by atoms with van der Waals surface area (Å²) in [5.74, 6) is 1.67. The molecule has 1 aromatic rings. The maximum atomic E-state index is 5.05. The van der Waals surface area contributed by atoms with E-state index in [0.29, 0.717) is 5.92 Å². The van der Waals surface area contributed by atoms with E-state index in [1.165, 1.54) is 11.1 Å². The summed E-state index contributed by atoms with van der Waals surface area (Å²) in [6.45, 7) is 11.2. The molecule has 0 N–H and O–H groups in total. The van der Waals surface area contributed by atoms with Crippen LogP contribution in [-0.4, -0.2) is 0 Å². The molecule has 0 saturated heterocycles. The Kier molecular flexibility index (Phi) is 11.8. The molecule has 0 spiro atoms. The van der Waals surface area contributed by atoms with Gasteiger partial charge < -0.3 is 24.8 Å². The maximum absolute atomic E-state index is 5.05. The second-order valence-corrected chi connectivity index (χ2v) is 5.49. The van der Waals surface area contributed by atoms with Crippen LogP contribution in [0.5, 0.6) is 5.75 Å². The Labute approximate surface area is 150 Å². The Morgan fingerprint density at radius 3 is 1.45 bits per heavy atom. The monoisotopic (exact) mass is 479 g/mol. The minimum absolute atomic E-state index is 0. The van der Waals surface area contributed by atoms with Crippen molar-refractivity contribution < 1.29 is 52.5 Å². The third-order valence-corrected chi connectivity index (χ3v) is 4.75. The molecule has 0 unspecified atom stereocenters. The number of allylic oxidation sites excluding steroid dienone is 4. The average molecular weight is 479 g/mol. The van der Waals surface area contributed by atoms with Gasteiger partial charge in [0, 0.05) is 0 Å². The molecule has 0 heterocycles. The van der Waals surface area contributed by atoms with Crippen LogP contribution in [0.1, 0.15) is 34.6 Å². The Hall–Kier alpha value is -0.0499. The SMILES string of the molecule is CC1=C(C)C(C)C(C)=C1C.[Cl-].[Cl-].[Hf+2][O]c1ccccc1. The Balaban J connectivity index is 0. The molecule has 1 aliphatic carbocycles.